The van der Waals surface area contributed by atoms with Gasteiger partial charge >= 0.3 is 11.9 Å². The van der Waals surface area contributed by atoms with E-state index >= 15 is 0 Å². The highest BCUT2D eigenvalue weighted by atomic mass is 16.5. The first-order valence-corrected chi connectivity index (χ1v) is 6.78. The van der Waals surface area contributed by atoms with Crippen molar-refractivity contribution in [1.82, 2.24) is 4.57 Å². The van der Waals surface area contributed by atoms with Crippen molar-refractivity contribution in [3.05, 3.63) is 53.9 Å². The molecule has 0 spiro atoms. The molecule has 0 fully saturated rings. The molecule has 1 heterocycles. The first-order valence-electron chi connectivity index (χ1n) is 6.78. The van der Waals surface area contributed by atoms with Gasteiger partial charge in [0, 0.05) is 18.9 Å². The van der Waals surface area contributed by atoms with Crippen LogP contribution in [0.3, 0.4) is 0 Å². The van der Waals surface area contributed by atoms with Gasteiger partial charge in [-0.3, -0.25) is 4.79 Å². The standard InChI is InChI=1S/C16H16N2O5/c1-18-9-3-4-13(18)16(21)23-10-14(19)17-12-7-5-11(6-8-12)15(20)22-2/h3-9H,10H2,1-2H3,(H,17,19). The highest BCUT2D eigenvalue weighted by Gasteiger charge is 2.13. The summed E-state index contributed by atoms with van der Waals surface area (Å²) < 4.78 is 11.1. The number of hydrogen-bond donors (Lipinski definition) is 1. The molecule has 0 aliphatic rings. The lowest BCUT2D eigenvalue weighted by molar-refractivity contribution is -0.119. The summed E-state index contributed by atoms with van der Waals surface area (Å²) in [6.07, 6.45) is 1.71. The zero-order valence-electron chi connectivity index (χ0n) is 12.7. The van der Waals surface area contributed by atoms with E-state index < -0.39 is 24.5 Å². The Morgan fingerprint density at radius 2 is 1.78 bits per heavy atom. The number of aromatic nitrogens is 1. The van der Waals surface area contributed by atoms with Crippen molar-refractivity contribution in [2.45, 2.75) is 0 Å². The molecule has 0 aliphatic carbocycles. The maximum Gasteiger partial charge on any atom is 0.355 e. The fourth-order valence-electron chi connectivity index (χ4n) is 1.88. The van der Waals surface area contributed by atoms with Crippen molar-refractivity contribution in [1.29, 1.82) is 0 Å². The molecule has 2 aromatic rings. The van der Waals surface area contributed by atoms with E-state index in [2.05, 4.69) is 10.1 Å². The second-order valence-corrected chi connectivity index (χ2v) is 4.70. The van der Waals surface area contributed by atoms with E-state index in [-0.39, 0.29) is 0 Å². The molecule has 0 saturated carbocycles. The van der Waals surface area contributed by atoms with Crippen LogP contribution in [0.4, 0.5) is 5.69 Å². The summed E-state index contributed by atoms with van der Waals surface area (Å²) >= 11 is 0. The Kier molecular flexibility index (Phi) is 5.14. The van der Waals surface area contributed by atoms with Crippen LogP contribution in [0.25, 0.3) is 0 Å². The van der Waals surface area contributed by atoms with E-state index in [9.17, 15) is 14.4 Å². The Hall–Kier alpha value is -3.09. The molecule has 1 amide bonds. The number of ether oxygens (including phenoxy) is 2. The van der Waals surface area contributed by atoms with Gasteiger partial charge in [0.1, 0.15) is 5.69 Å². The van der Waals surface area contributed by atoms with Gasteiger partial charge in [-0.25, -0.2) is 9.59 Å². The lowest BCUT2D eigenvalue weighted by atomic mass is 10.2. The second kappa shape index (κ2) is 7.26. The van der Waals surface area contributed by atoms with Crippen LogP contribution < -0.4 is 5.32 Å². The van der Waals surface area contributed by atoms with Crippen molar-refractivity contribution >= 4 is 23.5 Å². The summed E-state index contributed by atoms with van der Waals surface area (Å²) in [4.78, 5) is 34.8. The first-order chi connectivity index (χ1) is 11.0. The summed E-state index contributed by atoms with van der Waals surface area (Å²) in [5.41, 5.74) is 1.22. The third-order valence-electron chi connectivity index (χ3n) is 3.08. The molecule has 0 radical (unpaired) electrons. The maximum absolute atomic E-state index is 11.8. The number of aryl methyl sites for hydroxylation is 1. The van der Waals surface area contributed by atoms with Crippen molar-refractivity contribution in [3.63, 3.8) is 0 Å². The molecule has 7 heteroatoms. The Morgan fingerprint density at radius 1 is 1.09 bits per heavy atom. The molecule has 1 N–H and O–H groups in total. The SMILES string of the molecule is COC(=O)c1ccc(NC(=O)COC(=O)c2cccn2C)cc1. The monoisotopic (exact) mass is 316 g/mol. The number of esters is 2. The van der Waals surface area contributed by atoms with Crippen molar-refractivity contribution in [3.8, 4) is 0 Å². The molecule has 23 heavy (non-hydrogen) atoms. The van der Waals surface area contributed by atoms with Crippen molar-refractivity contribution in [2.24, 2.45) is 7.05 Å². The van der Waals surface area contributed by atoms with Gasteiger partial charge in [0.15, 0.2) is 6.61 Å². The van der Waals surface area contributed by atoms with Crippen LogP contribution in [-0.2, 0) is 21.3 Å². The zero-order chi connectivity index (χ0) is 16.8. The molecule has 1 aromatic heterocycles. The average molecular weight is 316 g/mol. The first kappa shape index (κ1) is 16.3. The number of methoxy groups -OCH3 is 1. The van der Waals surface area contributed by atoms with E-state index in [0.717, 1.165) is 0 Å². The number of amides is 1. The number of hydrogen-bond acceptors (Lipinski definition) is 5. The Labute approximate surface area is 132 Å². The van der Waals surface area contributed by atoms with E-state index in [1.807, 2.05) is 0 Å². The normalized spacial score (nSPS) is 10.0. The Bertz CT molecular complexity index is 718. The van der Waals surface area contributed by atoms with Crippen LogP contribution in [-0.4, -0.2) is 36.1 Å². The highest BCUT2D eigenvalue weighted by Crippen LogP contribution is 2.10. The Balaban J connectivity index is 1.86. The number of benzene rings is 1. The van der Waals surface area contributed by atoms with Gasteiger partial charge in [-0.2, -0.15) is 0 Å². The summed E-state index contributed by atoms with van der Waals surface area (Å²) in [6, 6.07) is 9.48. The van der Waals surface area contributed by atoms with Gasteiger partial charge in [0.25, 0.3) is 5.91 Å². The predicted octanol–water partition coefficient (Wildman–Crippen LogP) is 1.61. The van der Waals surface area contributed by atoms with E-state index in [0.29, 0.717) is 16.9 Å². The van der Waals surface area contributed by atoms with Gasteiger partial charge in [0.2, 0.25) is 0 Å². The summed E-state index contributed by atoms with van der Waals surface area (Å²) in [7, 11) is 3.00. The molecule has 2 rings (SSSR count). The summed E-state index contributed by atoms with van der Waals surface area (Å²) in [5.74, 6) is -1.51. The number of rotatable bonds is 5. The molecule has 0 bridgehead atoms. The minimum atomic E-state index is -0.575. The lowest BCUT2D eigenvalue weighted by Crippen LogP contribution is -2.21. The highest BCUT2D eigenvalue weighted by molar-refractivity contribution is 5.95. The molecule has 1 aromatic carbocycles. The van der Waals surface area contributed by atoms with Crippen LogP contribution in [0.2, 0.25) is 0 Å². The minimum Gasteiger partial charge on any atom is -0.465 e. The fourth-order valence-corrected chi connectivity index (χ4v) is 1.88. The maximum atomic E-state index is 11.8. The lowest BCUT2D eigenvalue weighted by Gasteiger charge is -2.07. The van der Waals surface area contributed by atoms with Crippen LogP contribution in [0.5, 0.6) is 0 Å². The topological polar surface area (TPSA) is 86.6 Å². The molecule has 7 nitrogen and oxygen atoms in total. The molecular weight excluding hydrogens is 300 g/mol. The van der Waals surface area contributed by atoms with E-state index in [1.165, 1.54) is 19.2 Å². The predicted molar refractivity (Wildman–Crippen MR) is 82.1 cm³/mol. The fraction of sp³-hybridized carbons (Fsp3) is 0.188. The van der Waals surface area contributed by atoms with Crippen LogP contribution >= 0.6 is 0 Å². The third kappa shape index (κ3) is 4.19. The van der Waals surface area contributed by atoms with Gasteiger partial charge in [-0.05, 0) is 36.4 Å². The quantitative estimate of drug-likeness (QED) is 0.847. The molecule has 0 aliphatic heterocycles. The van der Waals surface area contributed by atoms with E-state index in [4.69, 9.17) is 4.74 Å². The van der Waals surface area contributed by atoms with Gasteiger partial charge in [-0.1, -0.05) is 0 Å². The third-order valence-corrected chi connectivity index (χ3v) is 3.08. The summed E-state index contributed by atoms with van der Waals surface area (Å²) in [5, 5.41) is 2.57. The van der Waals surface area contributed by atoms with Crippen LogP contribution in [0.15, 0.2) is 42.6 Å². The number of anilines is 1. The second-order valence-electron chi connectivity index (χ2n) is 4.70. The van der Waals surface area contributed by atoms with Crippen molar-refractivity contribution in [2.75, 3.05) is 19.0 Å². The average Bonchev–Trinajstić information content (AvgIpc) is 2.98. The van der Waals surface area contributed by atoms with Gasteiger partial charge in [-0.15, -0.1) is 0 Å². The van der Waals surface area contributed by atoms with Crippen molar-refractivity contribution < 1.29 is 23.9 Å². The molecule has 0 saturated heterocycles. The van der Waals surface area contributed by atoms with Gasteiger partial charge < -0.3 is 19.4 Å². The van der Waals surface area contributed by atoms with Crippen LogP contribution in [0.1, 0.15) is 20.8 Å². The minimum absolute atomic E-state index is 0.361. The van der Waals surface area contributed by atoms with Crippen LogP contribution in [0, 0.1) is 0 Å². The number of nitrogens with one attached hydrogen (secondary N) is 1. The molecular formula is C16H16N2O5. The number of nitrogens with zero attached hydrogens (tertiary/aromatic N) is 1. The zero-order valence-corrected chi connectivity index (χ0v) is 12.7. The largest absolute Gasteiger partial charge is 0.465 e. The van der Waals surface area contributed by atoms with E-state index in [1.54, 1.807) is 42.1 Å². The van der Waals surface area contributed by atoms with Gasteiger partial charge in [0.05, 0.1) is 12.7 Å². The Morgan fingerprint density at radius 3 is 2.35 bits per heavy atom. The summed E-state index contributed by atoms with van der Waals surface area (Å²) in [6.45, 7) is -0.400. The molecule has 120 valence electrons. The number of carbonyl (C=O) groups is 3. The molecule has 0 atom stereocenters. The number of carbonyl (C=O) groups excluding carboxylic acids is 3. The molecule has 0 unspecified atom stereocenters. The smallest absolute Gasteiger partial charge is 0.355 e.